The Hall–Kier alpha value is -3.49. The minimum Gasteiger partial charge on any atom is -0.360 e. The molecule has 1 N–H and O–H groups in total. The number of hydrogen-bond donors (Lipinski definition) is 1. The highest BCUT2D eigenvalue weighted by molar-refractivity contribution is 5.95. The van der Waals surface area contributed by atoms with E-state index in [4.69, 9.17) is 4.52 Å². The van der Waals surface area contributed by atoms with Crippen molar-refractivity contribution in [2.75, 3.05) is 5.32 Å². The van der Waals surface area contributed by atoms with Crippen LogP contribution in [0.1, 0.15) is 28.8 Å². The van der Waals surface area contributed by atoms with Crippen molar-refractivity contribution in [2.45, 2.75) is 26.8 Å². The summed E-state index contributed by atoms with van der Waals surface area (Å²) in [5.74, 6) is 0.396. The molecule has 0 aliphatic heterocycles. The standard InChI is InChI=1S/C17H17N5O4/c1-10-9-14(20-26-10)18-17(23)16(13-7-5-4-6-8-13)21-12(3)15(22(24)25)11(2)19-21/h4-9,16H,1-3H3,(H,18,20,23). The second-order valence-corrected chi connectivity index (χ2v) is 5.85. The lowest BCUT2D eigenvalue weighted by atomic mass is 10.1. The van der Waals surface area contributed by atoms with Crippen LogP contribution < -0.4 is 5.32 Å². The summed E-state index contributed by atoms with van der Waals surface area (Å²) < 4.78 is 6.32. The van der Waals surface area contributed by atoms with Gasteiger partial charge in [0.25, 0.3) is 5.91 Å². The zero-order valence-corrected chi connectivity index (χ0v) is 14.5. The molecule has 1 unspecified atom stereocenters. The molecule has 9 nitrogen and oxygen atoms in total. The van der Waals surface area contributed by atoms with Crippen molar-refractivity contribution in [1.29, 1.82) is 0 Å². The highest BCUT2D eigenvalue weighted by atomic mass is 16.6. The number of aromatic nitrogens is 3. The third kappa shape index (κ3) is 3.18. The number of aryl methyl sites for hydroxylation is 2. The van der Waals surface area contributed by atoms with Crippen LogP contribution in [0.3, 0.4) is 0 Å². The van der Waals surface area contributed by atoms with E-state index in [1.165, 1.54) is 4.68 Å². The topological polar surface area (TPSA) is 116 Å². The summed E-state index contributed by atoms with van der Waals surface area (Å²) in [6.07, 6.45) is 0. The van der Waals surface area contributed by atoms with Crippen LogP contribution in [0.2, 0.25) is 0 Å². The number of carbonyl (C=O) groups is 1. The average molecular weight is 355 g/mol. The number of amides is 1. The Morgan fingerprint density at radius 3 is 2.50 bits per heavy atom. The lowest BCUT2D eigenvalue weighted by Crippen LogP contribution is -2.28. The molecule has 1 aromatic carbocycles. The highest BCUT2D eigenvalue weighted by Gasteiger charge is 2.31. The van der Waals surface area contributed by atoms with E-state index in [0.29, 0.717) is 17.0 Å². The molecule has 134 valence electrons. The number of rotatable bonds is 5. The molecule has 0 bridgehead atoms. The maximum Gasteiger partial charge on any atom is 0.312 e. The molecular weight excluding hydrogens is 338 g/mol. The first-order valence-electron chi connectivity index (χ1n) is 7.87. The molecule has 0 radical (unpaired) electrons. The van der Waals surface area contributed by atoms with Crippen molar-refractivity contribution >= 4 is 17.4 Å². The molecule has 0 spiro atoms. The number of carbonyl (C=O) groups excluding carboxylic acids is 1. The predicted molar refractivity (Wildman–Crippen MR) is 92.8 cm³/mol. The molecule has 3 aromatic rings. The summed E-state index contributed by atoms with van der Waals surface area (Å²) in [6.45, 7) is 4.83. The molecule has 0 saturated heterocycles. The van der Waals surface area contributed by atoms with Gasteiger partial charge in [0, 0.05) is 6.07 Å². The zero-order chi connectivity index (χ0) is 18.8. The van der Waals surface area contributed by atoms with E-state index in [2.05, 4.69) is 15.6 Å². The molecule has 2 aromatic heterocycles. The van der Waals surface area contributed by atoms with Crippen LogP contribution >= 0.6 is 0 Å². The van der Waals surface area contributed by atoms with Gasteiger partial charge in [-0.3, -0.25) is 14.9 Å². The van der Waals surface area contributed by atoms with Gasteiger partial charge in [0.1, 0.15) is 17.1 Å². The molecule has 0 aliphatic rings. The summed E-state index contributed by atoms with van der Waals surface area (Å²) in [5, 5.41) is 22.0. The van der Waals surface area contributed by atoms with Gasteiger partial charge in [-0.05, 0) is 26.3 Å². The molecule has 0 fully saturated rings. The third-order valence-corrected chi connectivity index (χ3v) is 3.96. The minimum atomic E-state index is -0.888. The van der Waals surface area contributed by atoms with Crippen molar-refractivity contribution in [2.24, 2.45) is 0 Å². The van der Waals surface area contributed by atoms with Gasteiger partial charge in [-0.1, -0.05) is 35.5 Å². The number of nitro groups is 1. The van der Waals surface area contributed by atoms with E-state index < -0.39 is 16.9 Å². The van der Waals surface area contributed by atoms with Gasteiger partial charge in [0.05, 0.1) is 4.92 Å². The van der Waals surface area contributed by atoms with Crippen molar-refractivity contribution in [3.63, 3.8) is 0 Å². The van der Waals surface area contributed by atoms with Crippen LogP contribution in [-0.4, -0.2) is 25.8 Å². The van der Waals surface area contributed by atoms with Gasteiger partial charge in [-0.2, -0.15) is 5.10 Å². The van der Waals surface area contributed by atoms with Crippen molar-refractivity contribution in [1.82, 2.24) is 14.9 Å². The summed E-state index contributed by atoms with van der Waals surface area (Å²) in [5.41, 5.74) is 1.09. The van der Waals surface area contributed by atoms with Gasteiger partial charge in [-0.15, -0.1) is 0 Å². The van der Waals surface area contributed by atoms with Crippen molar-refractivity contribution in [3.8, 4) is 0 Å². The molecule has 26 heavy (non-hydrogen) atoms. The smallest absolute Gasteiger partial charge is 0.312 e. The van der Waals surface area contributed by atoms with E-state index in [9.17, 15) is 14.9 Å². The molecule has 0 saturated carbocycles. The van der Waals surface area contributed by atoms with Crippen molar-refractivity contribution in [3.05, 3.63) is 69.2 Å². The molecule has 9 heteroatoms. The SMILES string of the molecule is Cc1cc(NC(=O)C(c2ccccc2)n2nc(C)c([N+](=O)[O-])c2C)no1. The number of nitrogens with zero attached hydrogens (tertiary/aromatic N) is 4. The van der Waals surface area contributed by atoms with E-state index in [1.807, 2.05) is 6.07 Å². The average Bonchev–Trinajstić information content (AvgIpc) is 3.12. The largest absolute Gasteiger partial charge is 0.360 e. The van der Waals surface area contributed by atoms with E-state index in [-0.39, 0.29) is 17.2 Å². The summed E-state index contributed by atoms with van der Waals surface area (Å²) in [6, 6.07) is 9.63. The van der Waals surface area contributed by atoms with Crippen LogP contribution in [0, 0.1) is 30.9 Å². The van der Waals surface area contributed by atoms with Crippen LogP contribution in [0.5, 0.6) is 0 Å². The number of anilines is 1. The molecular formula is C17H17N5O4. The zero-order valence-electron chi connectivity index (χ0n) is 14.5. The molecule has 2 heterocycles. The monoisotopic (exact) mass is 355 g/mol. The fourth-order valence-corrected chi connectivity index (χ4v) is 2.83. The number of nitrogens with one attached hydrogen (secondary N) is 1. The Labute approximate surface area is 148 Å². The lowest BCUT2D eigenvalue weighted by molar-refractivity contribution is -0.386. The lowest BCUT2D eigenvalue weighted by Gasteiger charge is -2.18. The van der Waals surface area contributed by atoms with Gasteiger partial charge < -0.3 is 9.84 Å². The summed E-state index contributed by atoms with van der Waals surface area (Å²) >= 11 is 0. The van der Waals surface area contributed by atoms with E-state index in [1.54, 1.807) is 51.1 Å². The van der Waals surface area contributed by atoms with Crippen LogP contribution in [0.15, 0.2) is 40.9 Å². The normalized spacial score (nSPS) is 12.0. The van der Waals surface area contributed by atoms with Crippen LogP contribution in [0.4, 0.5) is 11.5 Å². The van der Waals surface area contributed by atoms with Crippen molar-refractivity contribution < 1.29 is 14.2 Å². The summed E-state index contributed by atoms with van der Waals surface area (Å²) in [7, 11) is 0. The first-order valence-corrected chi connectivity index (χ1v) is 7.87. The second kappa shape index (κ2) is 6.79. The summed E-state index contributed by atoms with van der Waals surface area (Å²) in [4.78, 5) is 23.8. The van der Waals surface area contributed by atoms with Gasteiger partial charge in [0.2, 0.25) is 0 Å². The maximum atomic E-state index is 12.9. The molecule has 1 atom stereocenters. The fourth-order valence-electron chi connectivity index (χ4n) is 2.83. The van der Waals surface area contributed by atoms with E-state index in [0.717, 1.165) is 0 Å². The van der Waals surface area contributed by atoms with E-state index >= 15 is 0 Å². The Bertz CT molecular complexity index is 961. The Morgan fingerprint density at radius 2 is 1.96 bits per heavy atom. The molecule has 1 amide bonds. The van der Waals surface area contributed by atoms with Gasteiger partial charge in [0.15, 0.2) is 11.9 Å². The number of benzene rings is 1. The van der Waals surface area contributed by atoms with Crippen LogP contribution in [-0.2, 0) is 4.79 Å². The quantitative estimate of drug-likeness (QED) is 0.555. The fraction of sp³-hybridized carbons (Fsp3) is 0.235. The Balaban J connectivity index is 2.06. The second-order valence-electron chi connectivity index (χ2n) is 5.85. The third-order valence-electron chi connectivity index (χ3n) is 3.96. The number of hydrogen-bond acceptors (Lipinski definition) is 6. The van der Waals surface area contributed by atoms with Crippen LogP contribution in [0.25, 0.3) is 0 Å². The van der Waals surface area contributed by atoms with Gasteiger partial charge >= 0.3 is 5.69 Å². The minimum absolute atomic E-state index is 0.101. The van der Waals surface area contributed by atoms with Gasteiger partial charge in [-0.25, -0.2) is 4.68 Å². The predicted octanol–water partition coefficient (Wildman–Crippen LogP) is 2.93. The highest BCUT2D eigenvalue weighted by Crippen LogP contribution is 2.28. The first-order chi connectivity index (χ1) is 12.4. The maximum absolute atomic E-state index is 12.9. The Morgan fingerprint density at radius 1 is 1.27 bits per heavy atom. The molecule has 0 aliphatic carbocycles. The first kappa shape index (κ1) is 17.3. The molecule has 3 rings (SSSR count). The Kier molecular flexibility index (Phi) is 4.53.